The molecule has 1 heterocycles. The van der Waals surface area contributed by atoms with Crippen molar-refractivity contribution in [3.63, 3.8) is 0 Å². The van der Waals surface area contributed by atoms with Gasteiger partial charge in [-0.1, -0.05) is 46.3 Å². The number of alkyl halides is 3. The lowest BCUT2D eigenvalue weighted by Crippen LogP contribution is -2.30. The maximum absolute atomic E-state index is 12.7. The molecule has 110 valence electrons. The SMILES string of the molecule is FC(F)(F)c1ccc(C2NCCc3ccccc32)c(Br)c1. The van der Waals surface area contributed by atoms with Gasteiger partial charge in [-0.05, 0) is 35.2 Å². The fourth-order valence-corrected chi connectivity index (χ4v) is 3.33. The number of benzene rings is 2. The molecule has 1 aliphatic rings. The van der Waals surface area contributed by atoms with Crippen molar-refractivity contribution in [1.82, 2.24) is 5.32 Å². The molecule has 1 aliphatic heterocycles. The molecule has 0 spiro atoms. The zero-order chi connectivity index (χ0) is 15.0. The molecule has 2 aromatic carbocycles. The summed E-state index contributed by atoms with van der Waals surface area (Å²) in [7, 11) is 0. The van der Waals surface area contributed by atoms with Gasteiger partial charge in [0.1, 0.15) is 0 Å². The monoisotopic (exact) mass is 355 g/mol. The third kappa shape index (κ3) is 2.85. The van der Waals surface area contributed by atoms with E-state index in [-0.39, 0.29) is 6.04 Å². The van der Waals surface area contributed by atoms with E-state index in [2.05, 4.69) is 27.3 Å². The van der Waals surface area contributed by atoms with Crippen LogP contribution in [0.4, 0.5) is 13.2 Å². The molecule has 5 heteroatoms. The predicted octanol–water partition coefficient (Wildman–Crippen LogP) is 4.70. The van der Waals surface area contributed by atoms with E-state index in [1.165, 1.54) is 5.56 Å². The zero-order valence-corrected chi connectivity index (χ0v) is 12.6. The maximum Gasteiger partial charge on any atom is 0.416 e. The molecular weight excluding hydrogens is 343 g/mol. The van der Waals surface area contributed by atoms with E-state index in [0.717, 1.165) is 36.2 Å². The second kappa shape index (κ2) is 5.46. The van der Waals surface area contributed by atoms with Crippen LogP contribution in [0.2, 0.25) is 0 Å². The maximum atomic E-state index is 12.7. The van der Waals surface area contributed by atoms with Crippen LogP contribution in [-0.4, -0.2) is 6.54 Å². The van der Waals surface area contributed by atoms with Crippen LogP contribution in [0.15, 0.2) is 46.9 Å². The lowest BCUT2D eigenvalue weighted by molar-refractivity contribution is -0.137. The molecule has 2 aromatic rings. The number of fused-ring (bicyclic) bond motifs is 1. The highest BCUT2D eigenvalue weighted by Gasteiger charge is 2.32. The van der Waals surface area contributed by atoms with E-state index in [9.17, 15) is 13.2 Å². The van der Waals surface area contributed by atoms with Crippen LogP contribution in [0.3, 0.4) is 0 Å². The van der Waals surface area contributed by atoms with Gasteiger partial charge in [0.2, 0.25) is 0 Å². The van der Waals surface area contributed by atoms with Gasteiger partial charge in [-0.2, -0.15) is 13.2 Å². The topological polar surface area (TPSA) is 12.0 Å². The highest BCUT2D eigenvalue weighted by atomic mass is 79.9. The van der Waals surface area contributed by atoms with E-state index in [1.54, 1.807) is 6.07 Å². The molecule has 0 fully saturated rings. The second-order valence-corrected chi connectivity index (χ2v) is 5.92. The lowest BCUT2D eigenvalue weighted by Gasteiger charge is -2.28. The summed E-state index contributed by atoms with van der Waals surface area (Å²) >= 11 is 3.29. The molecule has 1 unspecified atom stereocenters. The summed E-state index contributed by atoms with van der Waals surface area (Å²) in [5.41, 5.74) is 2.56. The molecular formula is C16H13BrF3N. The van der Waals surface area contributed by atoms with Crippen molar-refractivity contribution in [2.24, 2.45) is 0 Å². The van der Waals surface area contributed by atoms with Crippen molar-refractivity contribution in [2.75, 3.05) is 6.54 Å². The Balaban J connectivity index is 2.03. The molecule has 1 N–H and O–H groups in total. The molecule has 0 bridgehead atoms. The normalized spacial score (nSPS) is 18.4. The summed E-state index contributed by atoms with van der Waals surface area (Å²) < 4.78 is 38.7. The Morgan fingerprint density at radius 2 is 1.81 bits per heavy atom. The Morgan fingerprint density at radius 1 is 1.05 bits per heavy atom. The van der Waals surface area contributed by atoms with E-state index >= 15 is 0 Å². The molecule has 0 aliphatic carbocycles. The Morgan fingerprint density at radius 3 is 2.52 bits per heavy atom. The van der Waals surface area contributed by atoms with Crippen molar-refractivity contribution in [2.45, 2.75) is 18.6 Å². The summed E-state index contributed by atoms with van der Waals surface area (Å²) in [5.74, 6) is 0. The van der Waals surface area contributed by atoms with Crippen LogP contribution in [0.25, 0.3) is 0 Å². The summed E-state index contributed by atoms with van der Waals surface area (Å²) in [4.78, 5) is 0. The van der Waals surface area contributed by atoms with Gasteiger partial charge in [0.25, 0.3) is 0 Å². The Kier molecular flexibility index (Phi) is 3.80. The van der Waals surface area contributed by atoms with Gasteiger partial charge < -0.3 is 5.32 Å². The number of hydrogen-bond donors (Lipinski definition) is 1. The molecule has 0 saturated heterocycles. The number of nitrogens with one attached hydrogen (secondary N) is 1. The molecule has 21 heavy (non-hydrogen) atoms. The minimum Gasteiger partial charge on any atom is -0.306 e. The average Bonchev–Trinajstić information content (AvgIpc) is 2.46. The third-order valence-corrected chi connectivity index (χ3v) is 4.43. The third-order valence-electron chi connectivity index (χ3n) is 3.75. The number of rotatable bonds is 1. The molecule has 0 aromatic heterocycles. The quantitative estimate of drug-likeness (QED) is 0.781. The van der Waals surface area contributed by atoms with Gasteiger partial charge >= 0.3 is 6.18 Å². The first-order chi connectivity index (χ1) is 9.97. The van der Waals surface area contributed by atoms with Gasteiger partial charge in [-0.25, -0.2) is 0 Å². The van der Waals surface area contributed by atoms with Crippen molar-refractivity contribution in [1.29, 1.82) is 0 Å². The minimum absolute atomic E-state index is 0.0772. The standard InChI is InChI=1S/C16H13BrF3N/c17-14-9-11(16(18,19)20)5-6-13(14)15-12-4-2-1-3-10(12)7-8-21-15/h1-6,9,15,21H,7-8H2. The Hall–Kier alpha value is -1.33. The van der Waals surface area contributed by atoms with Gasteiger partial charge in [0.15, 0.2) is 0 Å². The highest BCUT2D eigenvalue weighted by Crippen LogP contribution is 2.37. The molecule has 0 radical (unpaired) electrons. The van der Waals surface area contributed by atoms with Crippen LogP contribution < -0.4 is 5.32 Å². The van der Waals surface area contributed by atoms with Gasteiger partial charge in [-0.3, -0.25) is 0 Å². The Labute approximate surface area is 129 Å². The van der Waals surface area contributed by atoms with E-state index < -0.39 is 11.7 Å². The first-order valence-electron chi connectivity index (χ1n) is 6.64. The van der Waals surface area contributed by atoms with Gasteiger partial charge in [-0.15, -0.1) is 0 Å². The highest BCUT2D eigenvalue weighted by molar-refractivity contribution is 9.10. The molecule has 1 atom stereocenters. The lowest BCUT2D eigenvalue weighted by atomic mass is 9.89. The summed E-state index contributed by atoms with van der Waals surface area (Å²) in [6, 6.07) is 11.8. The first-order valence-corrected chi connectivity index (χ1v) is 7.44. The molecule has 3 rings (SSSR count). The predicted molar refractivity (Wildman–Crippen MR) is 79.1 cm³/mol. The fourth-order valence-electron chi connectivity index (χ4n) is 2.72. The van der Waals surface area contributed by atoms with Crippen LogP contribution in [0.5, 0.6) is 0 Å². The molecule has 0 saturated carbocycles. The van der Waals surface area contributed by atoms with Crippen molar-refractivity contribution < 1.29 is 13.2 Å². The van der Waals surface area contributed by atoms with Crippen molar-refractivity contribution in [3.05, 3.63) is 69.2 Å². The molecule has 1 nitrogen and oxygen atoms in total. The van der Waals surface area contributed by atoms with E-state index in [4.69, 9.17) is 0 Å². The summed E-state index contributed by atoms with van der Waals surface area (Å²) in [6.07, 6.45) is -3.39. The number of hydrogen-bond acceptors (Lipinski definition) is 1. The van der Waals surface area contributed by atoms with Gasteiger partial charge in [0.05, 0.1) is 11.6 Å². The Bertz CT molecular complexity index is 667. The zero-order valence-electron chi connectivity index (χ0n) is 11.0. The fraction of sp³-hybridized carbons (Fsp3) is 0.250. The number of halogens is 4. The van der Waals surface area contributed by atoms with Crippen LogP contribution in [-0.2, 0) is 12.6 Å². The summed E-state index contributed by atoms with van der Waals surface area (Å²) in [6.45, 7) is 0.815. The van der Waals surface area contributed by atoms with E-state index in [0.29, 0.717) is 4.47 Å². The smallest absolute Gasteiger partial charge is 0.306 e. The summed E-state index contributed by atoms with van der Waals surface area (Å²) in [5, 5.41) is 3.38. The minimum atomic E-state index is -4.32. The van der Waals surface area contributed by atoms with Crippen LogP contribution in [0, 0.1) is 0 Å². The average molecular weight is 356 g/mol. The second-order valence-electron chi connectivity index (χ2n) is 5.07. The van der Waals surface area contributed by atoms with E-state index in [1.807, 2.05) is 18.2 Å². The van der Waals surface area contributed by atoms with Gasteiger partial charge in [0, 0.05) is 11.0 Å². The van der Waals surface area contributed by atoms with Crippen LogP contribution >= 0.6 is 15.9 Å². The molecule has 0 amide bonds. The van der Waals surface area contributed by atoms with Crippen molar-refractivity contribution in [3.8, 4) is 0 Å². The first kappa shape index (κ1) is 14.6. The van der Waals surface area contributed by atoms with Crippen molar-refractivity contribution >= 4 is 15.9 Å². The van der Waals surface area contributed by atoms with Crippen LogP contribution in [0.1, 0.15) is 28.3 Å². The largest absolute Gasteiger partial charge is 0.416 e.